The Labute approximate surface area is 266 Å². The summed E-state index contributed by atoms with van der Waals surface area (Å²) < 4.78 is 0. The van der Waals surface area contributed by atoms with Gasteiger partial charge in [-0.15, -0.1) is 0 Å². The lowest BCUT2D eigenvalue weighted by molar-refractivity contribution is 0.978. The summed E-state index contributed by atoms with van der Waals surface area (Å²) in [5.74, 6) is 0. The monoisotopic (exact) mass is 588 g/mol. The summed E-state index contributed by atoms with van der Waals surface area (Å²) in [5, 5.41) is 4.57. The Bertz CT molecular complexity index is 2450. The fourth-order valence-corrected chi connectivity index (χ4v) is 6.72. The molecule has 9 rings (SSSR count). The van der Waals surface area contributed by atoms with E-state index in [2.05, 4.69) is 108 Å². The maximum atomic E-state index is 5.18. The topological polar surface area (TPSA) is 51.6 Å². The molecular formula is C42H28N4. The molecule has 216 valence electrons. The zero-order valence-electron chi connectivity index (χ0n) is 25.1. The number of pyridine rings is 4. The summed E-state index contributed by atoms with van der Waals surface area (Å²) in [4.78, 5) is 20.0. The van der Waals surface area contributed by atoms with Gasteiger partial charge in [-0.1, -0.05) is 109 Å². The molecule has 4 heteroatoms. The zero-order valence-corrected chi connectivity index (χ0v) is 25.1. The fraction of sp³-hybridized carbons (Fsp3) is 0.0476. The number of benzene rings is 4. The molecule has 4 nitrogen and oxygen atoms in total. The highest BCUT2D eigenvalue weighted by Gasteiger charge is 2.19. The summed E-state index contributed by atoms with van der Waals surface area (Å²) in [6.07, 6.45) is 8.21. The summed E-state index contributed by atoms with van der Waals surface area (Å²) in [7, 11) is 0. The van der Waals surface area contributed by atoms with Crippen LogP contribution in [0.5, 0.6) is 0 Å². The molecule has 0 saturated carbocycles. The standard InChI is InChI=1S/C42H28N4/c1-2-9-28(10-3-1)35-24-22-30-20-21-31-23-25-36(45-41(31)40(30)44-35)29-18-16-27(17-19-29)32-12-8-13-34-39(32)33-11-4-5-14-37(33)46-42(34)38-15-6-7-26-43-38/h1-3,5-10,12-26H,4,11H2. The molecule has 0 bridgehead atoms. The van der Waals surface area contributed by atoms with Crippen LogP contribution in [0.3, 0.4) is 0 Å². The Balaban J connectivity index is 1.16. The molecule has 1 aliphatic carbocycles. The van der Waals surface area contributed by atoms with Crippen molar-refractivity contribution >= 4 is 38.7 Å². The fourth-order valence-electron chi connectivity index (χ4n) is 6.72. The molecule has 1 aliphatic rings. The summed E-state index contributed by atoms with van der Waals surface area (Å²) in [5.41, 5.74) is 12.4. The maximum Gasteiger partial charge on any atom is 0.0972 e. The molecule has 0 saturated heterocycles. The van der Waals surface area contributed by atoms with Gasteiger partial charge in [0.15, 0.2) is 0 Å². The van der Waals surface area contributed by atoms with Crippen molar-refractivity contribution in [2.75, 3.05) is 0 Å². The van der Waals surface area contributed by atoms with Crippen LogP contribution in [-0.2, 0) is 6.42 Å². The molecule has 8 aromatic rings. The number of aryl methyl sites for hydroxylation is 1. The molecule has 0 fully saturated rings. The molecular weight excluding hydrogens is 560 g/mol. The van der Waals surface area contributed by atoms with Crippen molar-refractivity contribution in [3.8, 4) is 45.0 Å². The van der Waals surface area contributed by atoms with Crippen LogP contribution in [0.25, 0.3) is 83.7 Å². The van der Waals surface area contributed by atoms with Gasteiger partial charge in [0.2, 0.25) is 0 Å². The summed E-state index contributed by atoms with van der Waals surface area (Å²) in [6, 6.07) is 44.4. The van der Waals surface area contributed by atoms with E-state index in [0.717, 1.165) is 79.6 Å². The van der Waals surface area contributed by atoms with E-state index >= 15 is 0 Å². The number of hydrogen-bond acceptors (Lipinski definition) is 4. The van der Waals surface area contributed by atoms with Crippen LogP contribution in [0.1, 0.15) is 17.7 Å². The average Bonchev–Trinajstić information content (AvgIpc) is 3.14. The summed E-state index contributed by atoms with van der Waals surface area (Å²) >= 11 is 0. The van der Waals surface area contributed by atoms with Crippen molar-refractivity contribution in [2.45, 2.75) is 12.8 Å². The van der Waals surface area contributed by atoms with E-state index in [9.17, 15) is 0 Å². The second-order valence-electron chi connectivity index (χ2n) is 11.8. The predicted molar refractivity (Wildman–Crippen MR) is 189 cm³/mol. The third-order valence-electron chi connectivity index (χ3n) is 8.99. The first kappa shape index (κ1) is 26.4. The smallest absolute Gasteiger partial charge is 0.0972 e. The third kappa shape index (κ3) is 4.46. The van der Waals surface area contributed by atoms with E-state index < -0.39 is 0 Å². The van der Waals surface area contributed by atoms with Crippen molar-refractivity contribution in [2.24, 2.45) is 0 Å². The molecule has 4 aromatic carbocycles. The molecule has 0 radical (unpaired) electrons. The number of aromatic nitrogens is 4. The molecule has 0 aliphatic heterocycles. The largest absolute Gasteiger partial charge is 0.255 e. The molecule has 4 aromatic heterocycles. The van der Waals surface area contributed by atoms with Crippen LogP contribution < -0.4 is 0 Å². The minimum absolute atomic E-state index is 0.891. The van der Waals surface area contributed by atoms with Gasteiger partial charge in [0.25, 0.3) is 0 Å². The zero-order chi connectivity index (χ0) is 30.5. The minimum Gasteiger partial charge on any atom is -0.255 e. The highest BCUT2D eigenvalue weighted by Crippen LogP contribution is 2.39. The van der Waals surface area contributed by atoms with Gasteiger partial charge in [-0.05, 0) is 65.3 Å². The Hall–Kier alpha value is -6.00. The van der Waals surface area contributed by atoms with Crippen LogP contribution in [0.15, 0.2) is 140 Å². The second-order valence-corrected chi connectivity index (χ2v) is 11.8. The first-order valence-electron chi connectivity index (χ1n) is 15.7. The van der Waals surface area contributed by atoms with Crippen LogP contribution in [0.4, 0.5) is 0 Å². The minimum atomic E-state index is 0.891. The first-order chi connectivity index (χ1) is 22.8. The normalized spacial score (nSPS) is 12.5. The van der Waals surface area contributed by atoms with Gasteiger partial charge in [-0.3, -0.25) is 4.98 Å². The van der Waals surface area contributed by atoms with E-state index in [1.165, 1.54) is 22.1 Å². The Morgan fingerprint density at radius 2 is 1.17 bits per heavy atom. The van der Waals surface area contributed by atoms with E-state index in [4.69, 9.17) is 15.0 Å². The molecule has 0 atom stereocenters. The maximum absolute atomic E-state index is 5.18. The number of hydrogen-bond donors (Lipinski definition) is 0. The highest BCUT2D eigenvalue weighted by atomic mass is 14.8. The molecule has 46 heavy (non-hydrogen) atoms. The van der Waals surface area contributed by atoms with Crippen molar-refractivity contribution in [1.29, 1.82) is 0 Å². The van der Waals surface area contributed by atoms with Gasteiger partial charge in [-0.2, -0.15) is 0 Å². The number of fused-ring (bicyclic) bond motifs is 6. The van der Waals surface area contributed by atoms with Gasteiger partial charge in [0.1, 0.15) is 0 Å². The Morgan fingerprint density at radius 1 is 0.500 bits per heavy atom. The molecule has 0 spiro atoms. The van der Waals surface area contributed by atoms with E-state index in [0.29, 0.717) is 0 Å². The van der Waals surface area contributed by atoms with Gasteiger partial charge < -0.3 is 0 Å². The second kappa shape index (κ2) is 10.9. The molecule has 0 N–H and O–H groups in total. The lowest BCUT2D eigenvalue weighted by atomic mass is 9.88. The predicted octanol–water partition coefficient (Wildman–Crippen LogP) is 10.4. The third-order valence-corrected chi connectivity index (χ3v) is 8.99. The van der Waals surface area contributed by atoms with Crippen molar-refractivity contribution in [3.05, 3.63) is 151 Å². The molecule has 0 unspecified atom stereocenters. The molecule has 4 heterocycles. The first-order valence-corrected chi connectivity index (χ1v) is 15.7. The van der Waals surface area contributed by atoms with Crippen LogP contribution in [0.2, 0.25) is 0 Å². The average molecular weight is 589 g/mol. The van der Waals surface area contributed by atoms with Gasteiger partial charge in [0.05, 0.1) is 39.5 Å². The van der Waals surface area contributed by atoms with Crippen molar-refractivity contribution in [3.63, 3.8) is 0 Å². The van der Waals surface area contributed by atoms with E-state index in [1.54, 1.807) is 0 Å². The Morgan fingerprint density at radius 3 is 1.89 bits per heavy atom. The lowest BCUT2D eigenvalue weighted by Crippen LogP contribution is -2.03. The SMILES string of the molecule is C1=Cc2nc(-c3ccccn3)c3cccc(-c4ccc(-c5ccc6ccc7ccc(-c8ccccc8)nc7c6n5)cc4)c3c2CC1. The number of nitrogens with zero attached hydrogens (tertiary/aromatic N) is 4. The quantitative estimate of drug-likeness (QED) is 0.192. The van der Waals surface area contributed by atoms with Gasteiger partial charge in [-0.25, -0.2) is 15.0 Å². The van der Waals surface area contributed by atoms with E-state index in [1.807, 2.05) is 42.6 Å². The lowest BCUT2D eigenvalue weighted by Gasteiger charge is -2.19. The van der Waals surface area contributed by atoms with Crippen molar-refractivity contribution < 1.29 is 0 Å². The highest BCUT2D eigenvalue weighted by molar-refractivity contribution is 6.06. The summed E-state index contributed by atoms with van der Waals surface area (Å²) in [6.45, 7) is 0. The van der Waals surface area contributed by atoms with E-state index in [-0.39, 0.29) is 0 Å². The number of allylic oxidation sites excluding steroid dienone is 1. The van der Waals surface area contributed by atoms with Gasteiger partial charge >= 0.3 is 0 Å². The van der Waals surface area contributed by atoms with Crippen LogP contribution >= 0.6 is 0 Å². The Kier molecular flexibility index (Phi) is 6.24. The molecule has 0 amide bonds. The number of rotatable bonds is 4. The van der Waals surface area contributed by atoms with Crippen LogP contribution in [-0.4, -0.2) is 19.9 Å². The van der Waals surface area contributed by atoms with Crippen LogP contribution in [0, 0.1) is 0 Å². The van der Waals surface area contributed by atoms with Crippen molar-refractivity contribution in [1.82, 2.24) is 19.9 Å². The van der Waals surface area contributed by atoms with Gasteiger partial charge in [0, 0.05) is 33.5 Å².